The number of hydrogen-bond donors (Lipinski definition) is 1. The fraction of sp³-hybridized carbons (Fsp3) is 0.211. The second-order valence-electron chi connectivity index (χ2n) is 5.52. The van der Waals surface area contributed by atoms with Crippen molar-refractivity contribution >= 4 is 23.0 Å². The Kier molecular flexibility index (Phi) is 5.73. The molecule has 0 amide bonds. The van der Waals surface area contributed by atoms with Gasteiger partial charge in [-0.3, -0.25) is 0 Å². The van der Waals surface area contributed by atoms with E-state index >= 15 is 0 Å². The van der Waals surface area contributed by atoms with Gasteiger partial charge < -0.3 is 10.2 Å². The molecule has 22 heavy (non-hydrogen) atoms. The van der Waals surface area contributed by atoms with Gasteiger partial charge in [-0.2, -0.15) is 0 Å². The maximum atomic E-state index is 5.58. The summed E-state index contributed by atoms with van der Waals surface area (Å²) in [7, 11) is 0. The third-order valence-electron chi connectivity index (χ3n) is 3.32. The summed E-state index contributed by atoms with van der Waals surface area (Å²) in [5.74, 6) is 0. The smallest absolute Gasteiger partial charge is 0.174 e. The van der Waals surface area contributed by atoms with E-state index in [1.807, 2.05) is 25.1 Å². The van der Waals surface area contributed by atoms with E-state index in [2.05, 4.69) is 60.1 Å². The van der Waals surface area contributed by atoms with Crippen LogP contribution in [0.3, 0.4) is 0 Å². The van der Waals surface area contributed by atoms with Crippen LogP contribution in [0.4, 0.5) is 5.69 Å². The first-order chi connectivity index (χ1) is 10.6. The highest BCUT2D eigenvalue weighted by Gasteiger charge is 2.12. The molecule has 0 fully saturated rings. The van der Waals surface area contributed by atoms with Gasteiger partial charge in [0.05, 0.1) is 6.54 Å². The third kappa shape index (κ3) is 4.71. The maximum absolute atomic E-state index is 5.58. The molecule has 0 spiro atoms. The van der Waals surface area contributed by atoms with E-state index in [0.717, 1.165) is 22.9 Å². The number of anilines is 1. The Morgan fingerprint density at radius 2 is 1.73 bits per heavy atom. The molecule has 0 heterocycles. The number of hydrogen-bond acceptors (Lipinski definition) is 1. The van der Waals surface area contributed by atoms with Gasteiger partial charge in [-0.05, 0) is 43.8 Å². The minimum Gasteiger partial charge on any atom is -0.359 e. The number of benzene rings is 2. The summed E-state index contributed by atoms with van der Waals surface area (Å²) in [6.07, 6.45) is 0. The Balaban J connectivity index is 2.21. The average molecular weight is 310 g/mol. The first kappa shape index (κ1) is 16.2. The Hall–Kier alpha value is -2.13. The van der Waals surface area contributed by atoms with Gasteiger partial charge in [0, 0.05) is 12.2 Å². The van der Waals surface area contributed by atoms with Crippen LogP contribution in [0.1, 0.15) is 18.1 Å². The highest BCUT2D eigenvalue weighted by molar-refractivity contribution is 7.80. The minimum atomic E-state index is 0.690. The second-order valence-corrected chi connectivity index (χ2v) is 5.91. The molecule has 2 nitrogen and oxygen atoms in total. The average Bonchev–Trinajstić information content (AvgIpc) is 2.52. The zero-order chi connectivity index (χ0) is 15.9. The van der Waals surface area contributed by atoms with Crippen LogP contribution < -0.4 is 10.2 Å². The van der Waals surface area contributed by atoms with Crippen LogP contribution >= 0.6 is 12.2 Å². The summed E-state index contributed by atoms with van der Waals surface area (Å²) in [6, 6.07) is 18.8. The van der Waals surface area contributed by atoms with Gasteiger partial charge in [-0.1, -0.05) is 60.2 Å². The highest BCUT2D eigenvalue weighted by Crippen LogP contribution is 2.18. The number of nitrogens with one attached hydrogen (secondary N) is 1. The number of rotatable bonds is 5. The summed E-state index contributed by atoms with van der Waals surface area (Å²) >= 11 is 5.58. The molecule has 0 radical (unpaired) electrons. The van der Waals surface area contributed by atoms with Crippen molar-refractivity contribution in [2.45, 2.75) is 20.4 Å². The standard InChI is InChI=1S/C19H22N2S/c1-15(2)13-20-19(22)21(14-17-7-5-4-6-8-17)18-11-9-16(3)10-12-18/h4-12H,1,13-14H2,2-3H3,(H,20,22). The van der Waals surface area contributed by atoms with E-state index in [9.17, 15) is 0 Å². The molecule has 0 saturated carbocycles. The molecule has 114 valence electrons. The number of thiocarbonyl (C=S) groups is 1. The van der Waals surface area contributed by atoms with Crippen molar-refractivity contribution in [1.82, 2.24) is 5.32 Å². The molecule has 0 unspecified atom stereocenters. The SMILES string of the molecule is C=C(C)CNC(=S)N(Cc1ccccc1)c1ccc(C)cc1. The molecule has 0 bridgehead atoms. The lowest BCUT2D eigenvalue weighted by atomic mass is 10.2. The van der Waals surface area contributed by atoms with Gasteiger partial charge in [-0.15, -0.1) is 0 Å². The largest absolute Gasteiger partial charge is 0.359 e. The van der Waals surface area contributed by atoms with Gasteiger partial charge in [0.15, 0.2) is 5.11 Å². The zero-order valence-electron chi connectivity index (χ0n) is 13.2. The highest BCUT2D eigenvalue weighted by atomic mass is 32.1. The molecule has 1 N–H and O–H groups in total. The Morgan fingerprint density at radius 1 is 1.09 bits per heavy atom. The number of nitrogens with zero attached hydrogens (tertiary/aromatic N) is 1. The van der Waals surface area contributed by atoms with Gasteiger partial charge in [0.2, 0.25) is 0 Å². The normalized spacial score (nSPS) is 10.1. The van der Waals surface area contributed by atoms with Crippen molar-refractivity contribution in [2.75, 3.05) is 11.4 Å². The van der Waals surface area contributed by atoms with Crippen LogP contribution in [0.25, 0.3) is 0 Å². The minimum absolute atomic E-state index is 0.690. The van der Waals surface area contributed by atoms with Gasteiger partial charge in [0.25, 0.3) is 0 Å². The predicted molar refractivity (Wildman–Crippen MR) is 99.2 cm³/mol. The first-order valence-corrected chi connectivity index (χ1v) is 7.77. The molecule has 2 aromatic carbocycles. The summed E-state index contributed by atoms with van der Waals surface area (Å²) in [5, 5.41) is 3.99. The van der Waals surface area contributed by atoms with Crippen LogP contribution in [-0.2, 0) is 6.54 Å². The summed E-state index contributed by atoms with van der Waals surface area (Å²) in [4.78, 5) is 2.12. The van der Waals surface area contributed by atoms with Crippen molar-refractivity contribution in [3.8, 4) is 0 Å². The molecular weight excluding hydrogens is 288 g/mol. The quantitative estimate of drug-likeness (QED) is 0.649. The van der Waals surface area contributed by atoms with E-state index in [1.54, 1.807) is 0 Å². The van der Waals surface area contributed by atoms with Crippen molar-refractivity contribution in [3.63, 3.8) is 0 Å². The van der Waals surface area contributed by atoms with Crippen LogP contribution in [0.5, 0.6) is 0 Å². The summed E-state index contributed by atoms with van der Waals surface area (Å²) in [5.41, 5.74) is 4.62. The zero-order valence-corrected chi connectivity index (χ0v) is 14.0. The van der Waals surface area contributed by atoms with Crippen LogP contribution in [-0.4, -0.2) is 11.7 Å². The topological polar surface area (TPSA) is 15.3 Å². The fourth-order valence-electron chi connectivity index (χ4n) is 2.09. The first-order valence-electron chi connectivity index (χ1n) is 7.36. The van der Waals surface area contributed by atoms with Crippen molar-refractivity contribution < 1.29 is 0 Å². The van der Waals surface area contributed by atoms with Crippen molar-refractivity contribution in [3.05, 3.63) is 77.9 Å². The van der Waals surface area contributed by atoms with E-state index in [0.29, 0.717) is 6.54 Å². The molecule has 0 aliphatic carbocycles. The molecule has 3 heteroatoms. The van der Waals surface area contributed by atoms with Crippen molar-refractivity contribution in [2.24, 2.45) is 0 Å². The predicted octanol–water partition coefficient (Wildman–Crippen LogP) is 4.45. The summed E-state index contributed by atoms with van der Waals surface area (Å²) < 4.78 is 0. The lowest BCUT2D eigenvalue weighted by molar-refractivity contribution is 0.923. The van der Waals surface area contributed by atoms with E-state index in [-0.39, 0.29) is 0 Å². The summed E-state index contributed by atoms with van der Waals surface area (Å²) in [6.45, 7) is 9.42. The molecular formula is C19H22N2S. The molecule has 0 atom stereocenters. The molecule has 0 aliphatic heterocycles. The van der Waals surface area contributed by atoms with Crippen LogP contribution in [0.2, 0.25) is 0 Å². The van der Waals surface area contributed by atoms with Crippen molar-refractivity contribution in [1.29, 1.82) is 0 Å². The van der Waals surface area contributed by atoms with E-state index in [4.69, 9.17) is 12.2 Å². The monoisotopic (exact) mass is 310 g/mol. The number of aryl methyl sites for hydroxylation is 1. The molecule has 2 aromatic rings. The third-order valence-corrected chi connectivity index (χ3v) is 3.68. The molecule has 0 aliphatic rings. The Bertz CT molecular complexity index is 632. The molecule has 0 saturated heterocycles. The van der Waals surface area contributed by atoms with Crippen LogP contribution in [0.15, 0.2) is 66.7 Å². The van der Waals surface area contributed by atoms with E-state index < -0.39 is 0 Å². The second kappa shape index (κ2) is 7.76. The Morgan fingerprint density at radius 3 is 2.32 bits per heavy atom. The molecule has 0 aromatic heterocycles. The van der Waals surface area contributed by atoms with Gasteiger partial charge >= 0.3 is 0 Å². The van der Waals surface area contributed by atoms with Gasteiger partial charge in [0.1, 0.15) is 0 Å². The lowest BCUT2D eigenvalue weighted by Crippen LogP contribution is -2.40. The van der Waals surface area contributed by atoms with Crippen LogP contribution in [0, 0.1) is 6.92 Å². The van der Waals surface area contributed by atoms with Gasteiger partial charge in [-0.25, -0.2) is 0 Å². The molecule has 2 rings (SSSR count). The van der Waals surface area contributed by atoms with E-state index in [1.165, 1.54) is 11.1 Å². The lowest BCUT2D eigenvalue weighted by Gasteiger charge is -2.26. The Labute approximate surface area is 138 Å². The fourth-order valence-corrected chi connectivity index (χ4v) is 2.34. The maximum Gasteiger partial charge on any atom is 0.174 e.